The van der Waals surface area contributed by atoms with Crippen molar-refractivity contribution >= 4 is 16.1 Å². The van der Waals surface area contributed by atoms with Crippen molar-refractivity contribution in [1.82, 2.24) is 24.0 Å². The molecule has 2 aliphatic heterocycles. The van der Waals surface area contributed by atoms with Gasteiger partial charge in [0.2, 0.25) is 0 Å². The Balaban J connectivity index is 1.35. The van der Waals surface area contributed by atoms with Gasteiger partial charge >= 0.3 is 0 Å². The van der Waals surface area contributed by atoms with E-state index in [0.29, 0.717) is 50.6 Å². The molecule has 2 atom stereocenters. The maximum absolute atomic E-state index is 13.3. The second-order valence-electron chi connectivity index (χ2n) is 9.62. The van der Waals surface area contributed by atoms with Crippen LogP contribution in [0.25, 0.3) is 0 Å². The van der Waals surface area contributed by atoms with Crippen LogP contribution in [0.4, 0.5) is 0 Å². The van der Waals surface area contributed by atoms with Gasteiger partial charge in [-0.05, 0) is 53.5 Å². The lowest BCUT2D eigenvalue weighted by atomic mass is 10.0. The largest absolute Gasteiger partial charge is 0.360 e. The third-order valence-corrected chi connectivity index (χ3v) is 8.89. The zero-order chi connectivity index (χ0) is 21.7. The number of amides is 1. The summed E-state index contributed by atoms with van der Waals surface area (Å²) in [5.74, 6) is 0.941. The average molecular weight is 440 g/mol. The first-order valence-corrected chi connectivity index (χ1v) is 12.2. The molecule has 1 N–H and O–H groups in total. The maximum Gasteiger partial charge on any atom is 0.282 e. The van der Waals surface area contributed by atoms with Crippen LogP contribution in [0.2, 0.25) is 0 Å². The van der Waals surface area contributed by atoms with E-state index in [4.69, 9.17) is 4.52 Å². The van der Waals surface area contributed by atoms with Crippen LogP contribution >= 0.6 is 0 Å². The molecule has 0 aromatic carbocycles. The molecule has 1 aromatic rings. The minimum Gasteiger partial charge on any atom is -0.360 e. The molecule has 3 aliphatic rings. The highest BCUT2D eigenvalue weighted by atomic mass is 32.2. The van der Waals surface area contributed by atoms with E-state index in [0.717, 1.165) is 18.6 Å². The molecule has 168 valence electrons. The molecule has 30 heavy (non-hydrogen) atoms. The van der Waals surface area contributed by atoms with E-state index in [1.165, 1.54) is 0 Å². The lowest BCUT2D eigenvalue weighted by Crippen LogP contribution is -2.62. The van der Waals surface area contributed by atoms with Gasteiger partial charge in [0.05, 0.1) is 0 Å². The summed E-state index contributed by atoms with van der Waals surface area (Å²) in [6, 6.07) is 1.46. The SMILES string of the molecule is C[C@H]1C[C@@H](NC(=O)c2cc(C3CC3)on2)CCN1S(=O)(=O)N1CCN(C)C(C)(C)C1. The smallest absolute Gasteiger partial charge is 0.282 e. The Bertz CT molecular complexity index is 895. The Labute approximate surface area is 178 Å². The maximum atomic E-state index is 13.3. The van der Waals surface area contributed by atoms with Gasteiger partial charge in [-0.2, -0.15) is 17.0 Å². The lowest BCUT2D eigenvalue weighted by molar-refractivity contribution is 0.0735. The van der Waals surface area contributed by atoms with Crippen molar-refractivity contribution in [2.75, 3.05) is 33.2 Å². The summed E-state index contributed by atoms with van der Waals surface area (Å²) in [7, 11) is -1.50. The first-order valence-electron chi connectivity index (χ1n) is 10.8. The van der Waals surface area contributed by atoms with Gasteiger partial charge in [0.1, 0.15) is 5.76 Å². The van der Waals surface area contributed by atoms with E-state index in [2.05, 4.69) is 29.2 Å². The monoisotopic (exact) mass is 439 g/mol. The minimum absolute atomic E-state index is 0.0797. The van der Waals surface area contributed by atoms with Gasteiger partial charge in [-0.15, -0.1) is 0 Å². The van der Waals surface area contributed by atoms with Crippen LogP contribution in [0, 0.1) is 0 Å². The number of piperazine rings is 1. The molecule has 3 fully saturated rings. The fourth-order valence-corrected chi connectivity index (χ4v) is 6.35. The van der Waals surface area contributed by atoms with Gasteiger partial charge in [-0.3, -0.25) is 9.69 Å². The van der Waals surface area contributed by atoms with Crippen molar-refractivity contribution in [2.45, 2.75) is 70.0 Å². The zero-order valence-electron chi connectivity index (χ0n) is 18.3. The fraction of sp³-hybridized carbons (Fsp3) is 0.800. The molecule has 2 saturated heterocycles. The third kappa shape index (κ3) is 4.28. The van der Waals surface area contributed by atoms with E-state index in [9.17, 15) is 13.2 Å². The molecule has 1 saturated carbocycles. The van der Waals surface area contributed by atoms with Crippen molar-refractivity contribution < 1.29 is 17.7 Å². The molecule has 1 amide bonds. The second-order valence-corrected chi connectivity index (χ2v) is 11.5. The van der Waals surface area contributed by atoms with Crippen LogP contribution in [0.1, 0.15) is 68.6 Å². The molecule has 0 spiro atoms. The molecule has 1 aromatic heterocycles. The number of hydrogen-bond acceptors (Lipinski definition) is 6. The number of nitrogens with zero attached hydrogens (tertiary/aromatic N) is 4. The summed E-state index contributed by atoms with van der Waals surface area (Å²) in [5.41, 5.74) is 0.108. The van der Waals surface area contributed by atoms with E-state index in [1.807, 2.05) is 14.0 Å². The number of rotatable bonds is 5. The van der Waals surface area contributed by atoms with E-state index < -0.39 is 10.2 Å². The normalized spacial score (nSPS) is 29.1. The molecule has 0 radical (unpaired) electrons. The van der Waals surface area contributed by atoms with Crippen LogP contribution in [0.15, 0.2) is 10.6 Å². The molecule has 0 bridgehead atoms. The van der Waals surface area contributed by atoms with E-state index in [1.54, 1.807) is 14.7 Å². The number of hydrogen-bond donors (Lipinski definition) is 1. The summed E-state index contributed by atoms with van der Waals surface area (Å²) >= 11 is 0. The summed E-state index contributed by atoms with van der Waals surface area (Å²) in [6.07, 6.45) is 3.34. The summed E-state index contributed by atoms with van der Waals surface area (Å²) in [4.78, 5) is 14.7. The number of nitrogens with one attached hydrogen (secondary N) is 1. The van der Waals surface area contributed by atoms with Gasteiger partial charge in [-0.1, -0.05) is 5.16 Å². The zero-order valence-corrected chi connectivity index (χ0v) is 19.1. The van der Waals surface area contributed by atoms with Gasteiger partial charge in [0.25, 0.3) is 16.1 Å². The summed E-state index contributed by atoms with van der Waals surface area (Å²) in [5, 5.41) is 6.90. The number of aromatic nitrogens is 1. The second kappa shape index (κ2) is 7.89. The fourth-order valence-electron chi connectivity index (χ4n) is 4.38. The van der Waals surface area contributed by atoms with Crippen molar-refractivity contribution in [1.29, 1.82) is 0 Å². The summed E-state index contributed by atoms with van der Waals surface area (Å²) < 4.78 is 35.1. The highest BCUT2D eigenvalue weighted by Gasteiger charge is 2.42. The number of likely N-dealkylation sites (N-methyl/N-ethyl adjacent to an activating group) is 1. The molecular formula is C20H33N5O4S. The van der Waals surface area contributed by atoms with Crippen LogP contribution in [-0.2, 0) is 10.2 Å². The Morgan fingerprint density at radius 1 is 1.23 bits per heavy atom. The van der Waals surface area contributed by atoms with Gasteiger partial charge in [0, 0.05) is 55.8 Å². The van der Waals surface area contributed by atoms with E-state index in [-0.39, 0.29) is 23.5 Å². The molecule has 3 heterocycles. The van der Waals surface area contributed by atoms with Gasteiger partial charge in [-0.25, -0.2) is 0 Å². The first-order chi connectivity index (χ1) is 14.1. The Hall–Kier alpha value is -1.49. The van der Waals surface area contributed by atoms with Crippen LogP contribution in [-0.4, -0.2) is 83.8 Å². The number of carbonyl (C=O) groups is 1. The molecule has 0 unspecified atom stereocenters. The Morgan fingerprint density at radius 2 is 1.97 bits per heavy atom. The first kappa shape index (κ1) is 21.7. The van der Waals surface area contributed by atoms with E-state index >= 15 is 0 Å². The standard InChI is InChI=1S/C20H33N5O4S/c1-14-11-16(21-19(26)17-12-18(29-22-17)15-5-6-15)7-8-25(14)30(27,28)24-10-9-23(4)20(2,3)13-24/h12,14-16H,5-11,13H2,1-4H3,(H,21,26)/t14-,16-/m0/s1. The predicted octanol–water partition coefficient (Wildman–Crippen LogP) is 1.41. The minimum atomic E-state index is -3.53. The molecule has 1 aliphatic carbocycles. The quantitative estimate of drug-likeness (QED) is 0.745. The number of piperidine rings is 1. The van der Waals surface area contributed by atoms with Crippen molar-refractivity contribution in [3.05, 3.63) is 17.5 Å². The average Bonchev–Trinajstić information content (AvgIpc) is 3.40. The Kier molecular flexibility index (Phi) is 5.71. The third-order valence-electron chi connectivity index (χ3n) is 6.80. The topological polar surface area (TPSA) is 99.0 Å². The van der Waals surface area contributed by atoms with Gasteiger partial charge in [0.15, 0.2) is 5.69 Å². The van der Waals surface area contributed by atoms with Crippen molar-refractivity contribution in [3.8, 4) is 0 Å². The lowest BCUT2D eigenvalue weighted by Gasteiger charge is -2.47. The number of carbonyl (C=O) groups excluding carboxylic acids is 1. The van der Waals surface area contributed by atoms with Gasteiger partial charge < -0.3 is 9.84 Å². The molecular weight excluding hydrogens is 406 g/mol. The van der Waals surface area contributed by atoms with Crippen LogP contribution < -0.4 is 5.32 Å². The Morgan fingerprint density at radius 3 is 2.60 bits per heavy atom. The molecule has 4 rings (SSSR count). The molecule has 9 nitrogen and oxygen atoms in total. The highest BCUT2D eigenvalue weighted by molar-refractivity contribution is 7.86. The summed E-state index contributed by atoms with van der Waals surface area (Å²) in [6.45, 7) is 8.14. The predicted molar refractivity (Wildman–Crippen MR) is 112 cm³/mol. The molecule has 10 heteroatoms. The van der Waals surface area contributed by atoms with Crippen molar-refractivity contribution in [2.24, 2.45) is 0 Å². The highest BCUT2D eigenvalue weighted by Crippen LogP contribution is 2.40. The van der Waals surface area contributed by atoms with Crippen LogP contribution in [0.3, 0.4) is 0 Å². The van der Waals surface area contributed by atoms with Crippen molar-refractivity contribution in [3.63, 3.8) is 0 Å². The van der Waals surface area contributed by atoms with Crippen LogP contribution in [0.5, 0.6) is 0 Å².